The highest BCUT2D eigenvalue weighted by Crippen LogP contribution is 2.23. The van der Waals surface area contributed by atoms with Gasteiger partial charge in [0, 0.05) is 19.9 Å². The first kappa shape index (κ1) is 13.8. The molecule has 1 rings (SSSR count). The Morgan fingerprint density at radius 3 is 2.71 bits per heavy atom. The first-order valence-electron chi connectivity index (χ1n) is 5.85. The molecule has 4 nitrogen and oxygen atoms in total. The number of methoxy groups -OCH3 is 1. The average Bonchev–Trinajstić information content (AvgIpc) is 2.27. The molecule has 0 unspecified atom stereocenters. The van der Waals surface area contributed by atoms with Gasteiger partial charge < -0.3 is 14.8 Å². The Balaban J connectivity index is 2.70. The lowest BCUT2D eigenvalue weighted by atomic mass is 10.1. The third-order valence-corrected chi connectivity index (χ3v) is 2.37. The molecule has 0 atom stereocenters. The van der Waals surface area contributed by atoms with Crippen molar-refractivity contribution in [2.45, 2.75) is 39.4 Å². The predicted octanol–water partition coefficient (Wildman–Crippen LogP) is 2.71. The second-order valence-electron chi connectivity index (χ2n) is 4.83. The number of pyridine rings is 1. The first-order valence-corrected chi connectivity index (χ1v) is 5.85. The molecule has 0 aliphatic carbocycles. The van der Waals surface area contributed by atoms with E-state index in [4.69, 9.17) is 9.47 Å². The van der Waals surface area contributed by atoms with Crippen LogP contribution in [-0.4, -0.2) is 30.3 Å². The molecule has 0 radical (unpaired) electrons. The smallest absolute Gasteiger partial charge is 0.168 e. The van der Waals surface area contributed by atoms with Gasteiger partial charge in [0.1, 0.15) is 0 Å². The zero-order valence-electron chi connectivity index (χ0n) is 11.3. The van der Waals surface area contributed by atoms with Crippen LogP contribution in [0.25, 0.3) is 0 Å². The number of nitrogens with zero attached hydrogens (tertiary/aromatic N) is 1. The first-order chi connectivity index (χ1) is 7.94. The molecule has 0 bridgehead atoms. The number of aromatic nitrogens is 1. The summed E-state index contributed by atoms with van der Waals surface area (Å²) < 4.78 is 11.0. The molecule has 0 aliphatic heterocycles. The SMILES string of the molecule is COC(C)(C)CNc1ncccc1OC(C)C. The molecule has 0 spiro atoms. The van der Waals surface area contributed by atoms with Crippen LogP contribution in [0.1, 0.15) is 27.7 Å². The van der Waals surface area contributed by atoms with Gasteiger partial charge in [-0.2, -0.15) is 0 Å². The maximum absolute atomic E-state index is 5.68. The molecule has 0 aliphatic rings. The fourth-order valence-corrected chi connectivity index (χ4v) is 1.24. The lowest BCUT2D eigenvalue weighted by Gasteiger charge is -2.24. The largest absolute Gasteiger partial charge is 0.487 e. The van der Waals surface area contributed by atoms with E-state index in [9.17, 15) is 0 Å². The summed E-state index contributed by atoms with van der Waals surface area (Å²) in [6.07, 6.45) is 1.88. The van der Waals surface area contributed by atoms with Crippen LogP contribution in [0.4, 0.5) is 5.82 Å². The van der Waals surface area contributed by atoms with Crippen molar-refractivity contribution in [2.24, 2.45) is 0 Å². The lowest BCUT2D eigenvalue weighted by Crippen LogP contribution is -2.32. The third kappa shape index (κ3) is 4.61. The topological polar surface area (TPSA) is 43.4 Å². The predicted molar refractivity (Wildman–Crippen MR) is 69.6 cm³/mol. The van der Waals surface area contributed by atoms with Gasteiger partial charge in [-0.25, -0.2) is 4.98 Å². The molecular weight excluding hydrogens is 216 g/mol. The van der Waals surface area contributed by atoms with E-state index >= 15 is 0 Å². The van der Waals surface area contributed by atoms with Crippen molar-refractivity contribution in [2.75, 3.05) is 19.0 Å². The zero-order chi connectivity index (χ0) is 12.9. The summed E-state index contributed by atoms with van der Waals surface area (Å²) in [6.45, 7) is 8.71. The number of ether oxygens (including phenoxy) is 2. The van der Waals surface area contributed by atoms with E-state index in [1.165, 1.54) is 0 Å². The molecule has 0 saturated carbocycles. The fourth-order valence-electron chi connectivity index (χ4n) is 1.24. The zero-order valence-corrected chi connectivity index (χ0v) is 11.3. The standard InChI is InChI=1S/C13H22N2O2/c1-10(2)17-11-7-6-8-14-12(11)15-9-13(3,4)16-5/h6-8,10H,9H2,1-5H3,(H,14,15). The van der Waals surface area contributed by atoms with Crippen LogP contribution < -0.4 is 10.1 Å². The van der Waals surface area contributed by atoms with Gasteiger partial charge in [0.15, 0.2) is 11.6 Å². The second kappa shape index (κ2) is 5.87. The van der Waals surface area contributed by atoms with Crippen molar-refractivity contribution < 1.29 is 9.47 Å². The van der Waals surface area contributed by atoms with Crippen molar-refractivity contribution in [1.29, 1.82) is 0 Å². The van der Waals surface area contributed by atoms with Crippen LogP contribution >= 0.6 is 0 Å². The van der Waals surface area contributed by atoms with Gasteiger partial charge in [0.2, 0.25) is 0 Å². The maximum atomic E-state index is 5.68. The molecule has 0 aromatic carbocycles. The van der Waals surface area contributed by atoms with Gasteiger partial charge in [-0.1, -0.05) is 0 Å². The van der Waals surface area contributed by atoms with E-state index in [0.717, 1.165) is 11.6 Å². The minimum absolute atomic E-state index is 0.134. The molecule has 0 saturated heterocycles. The van der Waals surface area contributed by atoms with Crippen LogP contribution in [0.5, 0.6) is 5.75 Å². The summed E-state index contributed by atoms with van der Waals surface area (Å²) in [7, 11) is 1.70. The van der Waals surface area contributed by atoms with Gasteiger partial charge in [-0.05, 0) is 39.8 Å². The highest BCUT2D eigenvalue weighted by atomic mass is 16.5. The Morgan fingerprint density at radius 1 is 1.41 bits per heavy atom. The minimum atomic E-state index is -0.230. The van der Waals surface area contributed by atoms with E-state index in [-0.39, 0.29) is 11.7 Å². The molecule has 1 heterocycles. The van der Waals surface area contributed by atoms with Crippen molar-refractivity contribution in [3.63, 3.8) is 0 Å². The summed E-state index contributed by atoms with van der Waals surface area (Å²) in [5, 5.41) is 3.25. The van der Waals surface area contributed by atoms with E-state index in [1.54, 1.807) is 13.3 Å². The van der Waals surface area contributed by atoms with E-state index in [2.05, 4.69) is 10.3 Å². The van der Waals surface area contributed by atoms with Crippen molar-refractivity contribution in [3.8, 4) is 5.75 Å². The maximum Gasteiger partial charge on any atom is 0.168 e. The van der Waals surface area contributed by atoms with Crippen LogP contribution in [0, 0.1) is 0 Å². The Kier molecular flexibility index (Phi) is 4.75. The Hall–Kier alpha value is -1.29. The third-order valence-electron chi connectivity index (χ3n) is 2.37. The van der Waals surface area contributed by atoms with Gasteiger partial charge >= 0.3 is 0 Å². The fraction of sp³-hybridized carbons (Fsp3) is 0.615. The van der Waals surface area contributed by atoms with Crippen molar-refractivity contribution >= 4 is 5.82 Å². The van der Waals surface area contributed by atoms with Gasteiger partial charge in [-0.15, -0.1) is 0 Å². The van der Waals surface area contributed by atoms with Gasteiger partial charge in [0.05, 0.1) is 11.7 Å². The van der Waals surface area contributed by atoms with E-state index in [1.807, 2.05) is 39.8 Å². The number of nitrogens with one attached hydrogen (secondary N) is 1. The summed E-state index contributed by atoms with van der Waals surface area (Å²) in [4.78, 5) is 4.28. The quantitative estimate of drug-likeness (QED) is 0.827. The molecule has 1 aromatic rings. The lowest BCUT2D eigenvalue weighted by molar-refractivity contribution is 0.0342. The van der Waals surface area contributed by atoms with E-state index < -0.39 is 0 Å². The van der Waals surface area contributed by atoms with Crippen LogP contribution in [-0.2, 0) is 4.74 Å². The molecule has 4 heteroatoms. The number of hydrogen-bond donors (Lipinski definition) is 1. The second-order valence-corrected chi connectivity index (χ2v) is 4.83. The highest BCUT2D eigenvalue weighted by molar-refractivity contribution is 5.49. The molecule has 0 fully saturated rings. The monoisotopic (exact) mass is 238 g/mol. The average molecular weight is 238 g/mol. The summed E-state index contributed by atoms with van der Waals surface area (Å²) >= 11 is 0. The Morgan fingerprint density at radius 2 is 2.12 bits per heavy atom. The minimum Gasteiger partial charge on any atom is -0.487 e. The molecule has 0 amide bonds. The molecular formula is C13H22N2O2. The normalized spacial score (nSPS) is 11.6. The van der Waals surface area contributed by atoms with Crippen LogP contribution in [0.3, 0.4) is 0 Å². The molecule has 1 aromatic heterocycles. The number of rotatable bonds is 6. The molecule has 96 valence electrons. The van der Waals surface area contributed by atoms with E-state index in [0.29, 0.717) is 6.54 Å². The van der Waals surface area contributed by atoms with Crippen molar-refractivity contribution in [3.05, 3.63) is 18.3 Å². The number of anilines is 1. The Bertz CT molecular complexity index is 351. The summed E-state index contributed by atoms with van der Waals surface area (Å²) in [5.41, 5.74) is -0.230. The summed E-state index contributed by atoms with van der Waals surface area (Å²) in [6, 6.07) is 3.78. The van der Waals surface area contributed by atoms with Crippen LogP contribution in [0.2, 0.25) is 0 Å². The van der Waals surface area contributed by atoms with Crippen LogP contribution in [0.15, 0.2) is 18.3 Å². The van der Waals surface area contributed by atoms with Gasteiger partial charge in [0.25, 0.3) is 0 Å². The highest BCUT2D eigenvalue weighted by Gasteiger charge is 2.17. The molecule has 1 N–H and O–H groups in total. The van der Waals surface area contributed by atoms with Gasteiger partial charge in [-0.3, -0.25) is 0 Å². The summed E-state index contributed by atoms with van der Waals surface area (Å²) in [5.74, 6) is 1.53. The van der Waals surface area contributed by atoms with Crippen molar-refractivity contribution in [1.82, 2.24) is 4.98 Å². The number of hydrogen-bond acceptors (Lipinski definition) is 4. The Labute approximate surface area is 103 Å². The molecule has 17 heavy (non-hydrogen) atoms.